The molecular formula is C20H17Cl2N3O. The van der Waals surface area contributed by atoms with Crippen molar-refractivity contribution in [3.8, 4) is 0 Å². The summed E-state index contributed by atoms with van der Waals surface area (Å²) in [7, 11) is 0. The first-order chi connectivity index (χ1) is 12.6. The predicted molar refractivity (Wildman–Crippen MR) is 106 cm³/mol. The number of rotatable bonds is 3. The van der Waals surface area contributed by atoms with E-state index in [1.807, 2.05) is 18.2 Å². The van der Waals surface area contributed by atoms with Crippen LogP contribution in [0.4, 0.5) is 0 Å². The minimum atomic E-state index is -0.251. The number of hydrogen-bond donors (Lipinski definition) is 2. The van der Waals surface area contributed by atoms with Crippen LogP contribution in [0.1, 0.15) is 40.0 Å². The highest BCUT2D eigenvalue weighted by Crippen LogP contribution is 2.29. The van der Waals surface area contributed by atoms with Crippen molar-refractivity contribution in [2.24, 2.45) is 5.10 Å². The second-order valence-electron chi connectivity index (χ2n) is 6.41. The first-order valence-electron chi connectivity index (χ1n) is 8.54. The minimum Gasteiger partial charge on any atom is -0.358 e. The molecule has 0 aliphatic heterocycles. The lowest BCUT2D eigenvalue weighted by Crippen LogP contribution is -2.17. The third-order valence-corrected chi connectivity index (χ3v) is 5.25. The van der Waals surface area contributed by atoms with Crippen LogP contribution in [-0.4, -0.2) is 17.1 Å². The number of hydrogen-bond acceptors (Lipinski definition) is 2. The maximum Gasteiger partial charge on any atom is 0.271 e. The number of fused-ring (bicyclic) bond motifs is 3. The van der Waals surface area contributed by atoms with E-state index in [1.165, 1.54) is 30.3 Å². The average Bonchev–Trinajstić information content (AvgIpc) is 3.01. The second kappa shape index (κ2) is 7.14. The first-order valence-corrected chi connectivity index (χ1v) is 9.29. The summed E-state index contributed by atoms with van der Waals surface area (Å²) in [6.07, 6.45) is 6.07. The first kappa shape index (κ1) is 17.1. The molecule has 0 fully saturated rings. The molecular weight excluding hydrogens is 369 g/mol. The summed E-state index contributed by atoms with van der Waals surface area (Å²) < 4.78 is 0. The molecule has 1 aromatic heterocycles. The van der Waals surface area contributed by atoms with Crippen molar-refractivity contribution in [3.63, 3.8) is 0 Å². The van der Waals surface area contributed by atoms with Gasteiger partial charge in [-0.25, -0.2) is 5.43 Å². The van der Waals surface area contributed by atoms with Crippen LogP contribution in [0.5, 0.6) is 0 Å². The molecule has 0 spiro atoms. The van der Waals surface area contributed by atoms with Gasteiger partial charge in [0.1, 0.15) is 0 Å². The van der Waals surface area contributed by atoms with E-state index >= 15 is 0 Å². The molecule has 2 aromatic carbocycles. The SMILES string of the molecule is O=C(N/N=C\c1ccc(Cl)cc1Cl)c1ccc2[nH]c3c(c2c1)CCCC3. The Balaban J connectivity index is 1.53. The lowest BCUT2D eigenvalue weighted by molar-refractivity contribution is 0.0955. The molecule has 1 amide bonds. The summed E-state index contributed by atoms with van der Waals surface area (Å²) in [5.41, 5.74) is 7.57. The third-order valence-electron chi connectivity index (χ3n) is 4.69. The molecule has 1 aliphatic carbocycles. The summed E-state index contributed by atoms with van der Waals surface area (Å²) in [6.45, 7) is 0. The molecule has 0 radical (unpaired) electrons. The van der Waals surface area contributed by atoms with Gasteiger partial charge in [-0.05, 0) is 61.6 Å². The molecule has 6 heteroatoms. The van der Waals surface area contributed by atoms with Crippen molar-refractivity contribution in [2.75, 3.05) is 0 Å². The Kier molecular flexibility index (Phi) is 4.70. The molecule has 3 aromatic rings. The monoisotopic (exact) mass is 385 g/mol. The quantitative estimate of drug-likeness (QED) is 0.477. The lowest BCUT2D eigenvalue weighted by Gasteiger charge is -2.10. The number of aromatic nitrogens is 1. The van der Waals surface area contributed by atoms with Crippen molar-refractivity contribution >= 4 is 46.2 Å². The van der Waals surface area contributed by atoms with Gasteiger partial charge in [-0.1, -0.05) is 29.3 Å². The number of amides is 1. The molecule has 132 valence electrons. The largest absolute Gasteiger partial charge is 0.358 e. The van der Waals surface area contributed by atoms with Gasteiger partial charge in [0.15, 0.2) is 0 Å². The molecule has 2 N–H and O–H groups in total. The van der Waals surface area contributed by atoms with Gasteiger partial charge in [0.05, 0.1) is 11.2 Å². The normalized spacial score (nSPS) is 13.9. The number of nitrogens with zero attached hydrogens (tertiary/aromatic N) is 1. The van der Waals surface area contributed by atoms with Gasteiger partial charge in [0.25, 0.3) is 5.91 Å². The van der Waals surface area contributed by atoms with Crippen LogP contribution < -0.4 is 5.43 Å². The van der Waals surface area contributed by atoms with Crippen LogP contribution in [0.2, 0.25) is 10.0 Å². The number of aromatic amines is 1. The topological polar surface area (TPSA) is 57.2 Å². The van der Waals surface area contributed by atoms with Gasteiger partial charge >= 0.3 is 0 Å². The molecule has 0 atom stereocenters. The van der Waals surface area contributed by atoms with E-state index in [9.17, 15) is 4.79 Å². The minimum absolute atomic E-state index is 0.251. The zero-order chi connectivity index (χ0) is 18.1. The van der Waals surface area contributed by atoms with E-state index in [0.29, 0.717) is 21.2 Å². The lowest BCUT2D eigenvalue weighted by atomic mass is 9.95. The molecule has 1 aliphatic rings. The highest BCUT2D eigenvalue weighted by Gasteiger charge is 2.16. The Labute approximate surface area is 161 Å². The molecule has 1 heterocycles. The molecule has 4 nitrogen and oxygen atoms in total. The molecule has 26 heavy (non-hydrogen) atoms. The standard InChI is InChI=1S/C20H17Cl2N3O/c21-14-7-5-13(17(22)10-14)11-23-25-20(26)12-6-8-19-16(9-12)15-3-1-2-4-18(15)24-19/h5-11,24H,1-4H2,(H,25,26)/b23-11-. The van der Waals surface area contributed by atoms with Crippen LogP contribution in [0.25, 0.3) is 10.9 Å². The van der Waals surface area contributed by atoms with Gasteiger partial charge in [-0.2, -0.15) is 5.10 Å². The fourth-order valence-electron chi connectivity index (χ4n) is 3.38. The van der Waals surface area contributed by atoms with Crippen LogP contribution in [-0.2, 0) is 12.8 Å². The summed E-state index contributed by atoms with van der Waals surface area (Å²) in [4.78, 5) is 15.9. The van der Waals surface area contributed by atoms with Gasteiger partial charge < -0.3 is 4.98 Å². The number of aryl methyl sites for hydroxylation is 2. The number of carbonyl (C=O) groups is 1. The Hall–Kier alpha value is -2.30. The van der Waals surface area contributed by atoms with Crippen molar-refractivity contribution < 1.29 is 4.79 Å². The van der Waals surface area contributed by atoms with Crippen LogP contribution in [0.15, 0.2) is 41.5 Å². The second-order valence-corrected chi connectivity index (χ2v) is 7.26. The Bertz CT molecular complexity index is 1020. The molecule has 4 rings (SSSR count). The summed E-state index contributed by atoms with van der Waals surface area (Å²) in [5, 5.41) is 6.18. The van der Waals surface area contributed by atoms with Gasteiger partial charge in [0, 0.05) is 32.7 Å². The van der Waals surface area contributed by atoms with Crippen LogP contribution in [0.3, 0.4) is 0 Å². The summed E-state index contributed by atoms with van der Waals surface area (Å²) >= 11 is 12.0. The number of carbonyl (C=O) groups excluding carboxylic acids is 1. The van der Waals surface area contributed by atoms with E-state index in [-0.39, 0.29) is 5.91 Å². The van der Waals surface area contributed by atoms with Crippen molar-refractivity contribution in [1.82, 2.24) is 10.4 Å². The smallest absolute Gasteiger partial charge is 0.271 e. The predicted octanol–water partition coefficient (Wildman–Crippen LogP) is 5.12. The van der Waals surface area contributed by atoms with E-state index < -0.39 is 0 Å². The molecule has 0 bridgehead atoms. The molecule has 0 unspecified atom stereocenters. The average molecular weight is 386 g/mol. The third kappa shape index (κ3) is 3.35. The van der Waals surface area contributed by atoms with E-state index in [4.69, 9.17) is 23.2 Å². The Morgan fingerprint density at radius 2 is 1.96 bits per heavy atom. The van der Waals surface area contributed by atoms with Crippen molar-refractivity contribution in [3.05, 3.63) is 68.8 Å². The maximum absolute atomic E-state index is 12.4. The maximum atomic E-state index is 12.4. The van der Waals surface area contributed by atoms with Gasteiger partial charge in [0.2, 0.25) is 0 Å². The summed E-state index contributed by atoms with van der Waals surface area (Å²) in [5.74, 6) is -0.251. The van der Waals surface area contributed by atoms with Crippen LogP contribution >= 0.6 is 23.2 Å². The zero-order valence-electron chi connectivity index (χ0n) is 14.0. The number of benzene rings is 2. The Morgan fingerprint density at radius 3 is 2.81 bits per heavy atom. The summed E-state index contributed by atoms with van der Waals surface area (Å²) in [6, 6.07) is 10.8. The van der Waals surface area contributed by atoms with Crippen molar-refractivity contribution in [2.45, 2.75) is 25.7 Å². The Morgan fingerprint density at radius 1 is 1.12 bits per heavy atom. The highest BCUT2D eigenvalue weighted by molar-refractivity contribution is 6.36. The number of halogens is 2. The fourth-order valence-corrected chi connectivity index (χ4v) is 3.84. The number of nitrogens with one attached hydrogen (secondary N) is 2. The van der Waals surface area contributed by atoms with Gasteiger partial charge in [-0.15, -0.1) is 0 Å². The molecule has 0 saturated heterocycles. The van der Waals surface area contributed by atoms with Gasteiger partial charge in [-0.3, -0.25) is 4.79 Å². The molecule has 0 saturated carbocycles. The van der Waals surface area contributed by atoms with E-state index in [2.05, 4.69) is 15.5 Å². The van der Waals surface area contributed by atoms with E-state index in [1.54, 1.807) is 18.2 Å². The number of hydrazone groups is 1. The zero-order valence-corrected chi connectivity index (χ0v) is 15.5. The van der Waals surface area contributed by atoms with Crippen LogP contribution in [0, 0.1) is 0 Å². The van der Waals surface area contributed by atoms with Crippen molar-refractivity contribution in [1.29, 1.82) is 0 Å². The fraction of sp³-hybridized carbons (Fsp3) is 0.200. The van der Waals surface area contributed by atoms with E-state index in [0.717, 1.165) is 23.7 Å². The highest BCUT2D eigenvalue weighted by atomic mass is 35.5. The number of H-pyrrole nitrogens is 1.